The van der Waals surface area contributed by atoms with Gasteiger partial charge in [-0.2, -0.15) is 0 Å². The normalized spacial score (nSPS) is 27.1. The molecule has 0 radical (unpaired) electrons. The van der Waals surface area contributed by atoms with Gasteiger partial charge in [0, 0.05) is 48.9 Å². The summed E-state index contributed by atoms with van der Waals surface area (Å²) in [5, 5.41) is 22.7. The number of benzene rings is 1. The molecule has 2 aliphatic heterocycles. The standard InChI is InChI=1S/C45H60ClN7O9S/c1-7-27-21-45(27,41(56)57)51-39(54)33-19-29(22-53(33)40(55)38(44(4,5)6)50-43(58)62-28-17-25-16-26(25)18-28)61-35-20-31(32-23-63-42(49-32)47-24(2)3)48-37-30(35)8-9-34(36(37)46)60-15-12-52-10-13-59-14-11-52/h8-9,20,23-29,33,38H,7,10-19,21-22H2,1-6H3,(H,47,49)(H,50,58)(H,51,54)(H,56,57)/t25-,26+,27-,28?,29+,33-,38+,45+/m0/s1. The zero-order valence-electron chi connectivity index (χ0n) is 36.9. The van der Waals surface area contributed by atoms with Crippen molar-refractivity contribution >= 4 is 62.8 Å². The highest BCUT2D eigenvalue weighted by Gasteiger charge is 2.61. The Kier molecular flexibility index (Phi) is 13.0. The van der Waals surface area contributed by atoms with Gasteiger partial charge in [0.2, 0.25) is 11.8 Å². The van der Waals surface area contributed by atoms with E-state index in [9.17, 15) is 24.3 Å². The summed E-state index contributed by atoms with van der Waals surface area (Å²) < 4.78 is 24.3. The SMILES string of the molecule is CC[C@H]1C[C@]1(NC(=O)[C@@H]1C[C@@H](Oc2cc(-c3csc(NC(C)C)n3)nc3c(Cl)c(OCCN4CCOCC4)ccc23)CN1C(=O)[C@@H](NC(=O)OC1C[C@@H]2C[C@@H]2C1)C(C)(C)C)C(=O)O. The van der Waals surface area contributed by atoms with Crippen LogP contribution in [0.1, 0.15) is 80.1 Å². The van der Waals surface area contributed by atoms with Gasteiger partial charge in [0.15, 0.2) is 5.13 Å². The molecule has 5 fully saturated rings. The third-order valence-corrected chi connectivity index (χ3v) is 14.2. The summed E-state index contributed by atoms with van der Waals surface area (Å²) in [6.07, 6.45) is 2.11. The number of nitrogens with zero attached hydrogens (tertiary/aromatic N) is 4. The first kappa shape index (κ1) is 45.1. The van der Waals surface area contributed by atoms with Gasteiger partial charge in [0.25, 0.3) is 0 Å². The second-order valence-electron chi connectivity index (χ2n) is 19.2. The van der Waals surface area contributed by atoms with Gasteiger partial charge in [0.1, 0.15) is 58.7 Å². The quantitative estimate of drug-likeness (QED) is 0.127. The molecule has 3 saturated carbocycles. The number of anilines is 1. The Hall–Kier alpha value is -4.45. The third kappa shape index (κ3) is 9.96. The number of ether oxygens (including phenoxy) is 4. The molecule has 63 heavy (non-hydrogen) atoms. The summed E-state index contributed by atoms with van der Waals surface area (Å²) in [6.45, 7) is 15.6. The molecule has 1 unspecified atom stereocenters. The molecule has 2 saturated heterocycles. The number of aliphatic carboxylic acids is 1. The third-order valence-electron chi connectivity index (χ3n) is 13.1. The van der Waals surface area contributed by atoms with Crippen LogP contribution in [0.25, 0.3) is 22.3 Å². The molecule has 8 atom stereocenters. The molecule has 2 aromatic heterocycles. The van der Waals surface area contributed by atoms with Gasteiger partial charge < -0.3 is 44.9 Å². The van der Waals surface area contributed by atoms with E-state index in [1.165, 1.54) is 22.7 Å². The van der Waals surface area contributed by atoms with Crippen molar-refractivity contribution in [3.8, 4) is 22.9 Å². The average molecular weight is 911 g/mol. The van der Waals surface area contributed by atoms with Crippen molar-refractivity contribution in [3.63, 3.8) is 0 Å². The number of thiazole rings is 1. The molecule has 0 bridgehead atoms. The predicted molar refractivity (Wildman–Crippen MR) is 238 cm³/mol. The van der Waals surface area contributed by atoms with Gasteiger partial charge >= 0.3 is 12.1 Å². The molecule has 3 aromatic rings. The van der Waals surface area contributed by atoms with Crippen LogP contribution in [-0.4, -0.2) is 131 Å². The minimum absolute atomic E-state index is 0.0295. The summed E-state index contributed by atoms with van der Waals surface area (Å²) in [4.78, 5) is 68.5. The number of likely N-dealkylation sites (tertiary alicyclic amines) is 1. The van der Waals surface area contributed by atoms with Gasteiger partial charge in [-0.15, -0.1) is 11.3 Å². The number of hydrogen-bond donors (Lipinski definition) is 4. The van der Waals surface area contributed by atoms with Crippen molar-refractivity contribution in [2.45, 2.75) is 116 Å². The lowest BCUT2D eigenvalue weighted by atomic mass is 9.85. The fraction of sp³-hybridized carbons (Fsp3) is 0.644. The van der Waals surface area contributed by atoms with Crippen LogP contribution >= 0.6 is 22.9 Å². The molecule has 0 spiro atoms. The maximum absolute atomic E-state index is 14.8. The highest BCUT2D eigenvalue weighted by atomic mass is 35.5. The van der Waals surface area contributed by atoms with Gasteiger partial charge in [-0.05, 0) is 74.8 Å². The zero-order valence-corrected chi connectivity index (χ0v) is 38.5. The number of carbonyl (C=O) groups is 4. The highest BCUT2D eigenvalue weighted by molar-refractivity contribution is 7.14. The number of carboxylic acid groups (broad SMARTS) is 1. The highest BCUT2D eigenvalue weighted by Crippen LogP contribution is 2.52. The molecule has 1 aromatic carbocycles. The lowest BCUT2D eigenvalue weighted by Crippen LogP contribution is -2.59. The summed E-state index contributed by atoms with van der Waals surface area (Å²) in [5.41, 5.74) is -0.683. The van der Waals surface area contributed by atoms with E-state index in [1.807, 2.05) is 53.0 Å². The molecule has 4 heterocycles. The van der Waals surface area contributed by atoms with Crippen molar-refractivity contribution < 1.29 is 43.2 Å². The molecule has 8 rings (SSSR count). The Balaban J connectivity index is 1.09. The summed E-state index contributed by atoms with van der Waals surface area (Å²) in [5.74, 6) is -0.376. The number of fused-ring (bicyclic) bond motifs is 2. The second-order valence-corrected chi connectivity index (χ2v) is 20.4. The lowest BCUT2D eigenvalue weighted by molar-refractivity contribution is -0.146. The van der Waals surface area contributed by atoms with E-state index in [0.29, 0.717) is 89.9 Å². The lowest BCUT2D eigenvalue weighted by Gasteiger charge is -2.35. The Morgan fingerprint density at radius 2 is 1.78 bits per heavy atom. The number of pyridine rings is 1. The summed E-state index contributed by atoms with van der Waals surface area (Å²) in [7, 11) is 0. The smallest absolute Gasteiger partial charge is 0.408 e. The maximum Gasteiger partial charge on any atom is 0.408 e. The first-order chi connectivity index (χ1) is 30.0. The van der Waals surface area contributed by atoms with E-state index >= 15 is 0 Å². The van der Waals surface area contributed by atoms with Crippen LogP contribution < -0.4 is 25.4 Å². The Morgan fingerprint density at radius 3 is 2.44 bits per heavy atom. The van der Waals surface area contributed by atoms with Crippen LogP contribution in [0.2, 0.25) is 5.02 Å². The number of morpholine rings is 1. The molecule has 5 aliphatic rings. The number of amides is 3. The van der Waals surface area contributed by atoms with Crippen LogP contribution in [0.4, 0.5) is 9.93 Å². The summed E-state index contributed by atoms with van der Waals surface area (Å²) >= 11 is 8.55. The number of halogens is 1. The van der Waals surface area contributed by atoms with Crippen LogP contribution in [0, 0.1) is 23.2 Å². The first-order valence-electron chi connectivity index (χ1n) is 22.3. The van der Waals surface area contributed by atoms with Gasteiger partial charge in [-0.3, -0.25) is 14.5 Å². The van der Waals surface area contributed by atoms with E-state index in [4.69, 9.17) is 40.5 Å². The van der Waals surface area contributed by atoms with Crippen LogP contribution in [0.3, 0.4) is 0 Å². The van der Waals surface area contributed by atoms with Gasteiger partial charge in [-0.25, -0.2) is 19.6 Å². The molecule has 342 valence electrons. The van der Waals surface area contributed by atoms with Crippen LogP contribution in [0.5, 0.6) is 11.5 Å². The van der Waals surface area contributed by atoms with E-state index in [-0.39, 0.29) is 31.0 Å². The van der Waals surface area contributed by atoms with Crippen molar-refractivity contribution in [1.82, 2.24) is 30.4 Å². The number of alkyl carbamates (subject to hydrolysis) is 1. The van der Waals surface area contributed by atoms with Crippen molar-refractivity contribution in [3.05, 3.63) is 28.6 Å². The predicted octanol–water partition coefficient (Wildman–Crippen LogP) is 6.20. The molecule has 4 N–H and O–H groups in total. The van der Waals surface area contributed by atoms with Crippen LogP contribution in [-0.2, 0) is 23.9 Å². The van der Waals surface area contributed by atoms with E-state index in [1.54, 1.807) is 12.1 Å². The maximum atomic E-state index is 14.8. The van der Waals surface area contributed by atoms with E-state index in [0.717, 1.165) is 31.1 Å². The zero-order chi connectivity index (χ0) is 44.8. The Bertz CT molecular complexity index is 2200. The Morgan fingerprint density at radius 1 is 1.03 bits per heavy atom. The number of carboxylic acids is 1. The largest absolute Gasteiger partial charge is 0.491 e. The number of rotatable bonds is 16. The van der Waals surface area contributed by atoms with Crippen LogP contribution in [0.15, 0.2) is 23.6 Å². The van der Waals surface area contributed by atoms with E-state index in [2.05, 4.69) is 20.9 Å². The number of hydrogen-bond acceptors (Lipinski definition) is 13. The molecule has 3 aliphatic carbocycles. The minimum Gasteiger partial charge on any atom is -0.491 e. The number of carbonyl (C=O) groups excluding carboxylic acids is 3. The minimum atomic E-state index is -1.42. The molecule has 16 nitrogen and oxygen atoms in total. The monoisotopic (exact) mass is 909 g/mol. The fourth-order valence-corrected chi connectivity index (χ4v) is 10.5. The second kappa shape index (κ2) is 18.2. The topological polar surface area (TPSA) is 194 Å². The van der Waals surface area contributed by atoms with Gasteiger partial charge in [-0.1, -0.05) is 45.7 Å². The summed E-state index contributed by atoms with van der Waals surface area (Å²) in [6, 6.07) is 3.38. The van der Waals surface area contributed by atoms with Crippen molar-refractivity contribution in [1.29, 1.82) is 0 Å². The first-order valence-corrected chi connectivity index (χ1v) is 23.6. The average Bonchev–Trinajstić information content (AvgIpc) is 3.91. The molecular formula is C45H60ClN7O9S. The Labute approximate surface area is 377 Å². The van der Waals surface area contributed by atoms with Crippen molar-refractivity contribution in [2.75, 3.05) is 51.3 Å². The van der Waals surface area contributed by atoms with Gasteiger partial charge in [0.05, 0.1) is 31.0 Å². The van der Waals surface area contributed by atoms with E-state index < -0.39 is 53.0 Å². The molecule has 3 amide bonds. The molecule has 18 heteroatoms. The number of aromatic nitrogens is 2. The fourth-order valence-electron chi connectivity index (χ4n) is 9.38. The number of nitrogens with one attached hydrogen (secondary N) is 3. The molecular weight excluding hydrogens is 850 g/mol. The van der Waals surface area contributed by atoms with Crippen molar-refractivity contribution in [2.24, 2.45) is 23.2 Å².